The van der Waals surface area contributed by atoms with E-state index in [1.807, 2.05) is 4.90 Å². The van der Waals surface area contributed by atoms with Crippen molar-refractivity contribution in [2.45, 2.75) is 39.2 Å². The summed E-state index contributed by atoms with van der Waals surface area (Å²) < 4.78 is 0. The van der Waals surface area contributed by atoms with Crippen molar-refractivity contribution in [1.82, 2.24) is 15.1 Å². The Hall–Kier alpha value is -0.770. The number of hydrogen-bond donors (Lipinski definition) is 1. The van der Waals surface area contributed by atoms with Crippen LogP contribution in [0.4, 0.5) is 4.79 Å². The largest absolute Gasteiger partial charge is 0.335 e. The van der Waals surface area contributed by atoms with Gasteiger partial charge in [-0.15, -0.1) is 0 Å². The molecular formula is C14H27N3O. The fourth-order valence-electron chi connectivity index (χ4n) is 3.19. The third-order valence-corrected chi connectivity index (χ3v) is 4.36. The van der Waals surface area contributed by atoms with Gasteiger partial charge in [-0.25, -0.2) is 4.79 Å². The molecule has 0 aromatic rings. The molecule has 1 N–H and O–H groups in total. The minimum Gasteiger partial charge on any atom is -0.335 e. The quantitative estimate of drug-likeness (QED) is 0.773. The SMILES string of the molecule is CC1CCCN(C(=O)NC2CCN(C)CC2C)C1. The van der Waals surface area contributed by atoms with Gasteiger partial charge in [-0.3, -0.25) is 0 Å². The van der Waals surface area contributed by atoms with E-state index in [1.54, 1.807) is 0 Å². The minimum atomic E-state index is 0.156. The van der Waals surface area contributed by atoms with E-state index in [-0.39, 0.29) is 6.03 Å². The monoisotopic (exact) mass is 253 g/mol. The molecule has 2 saturated heterocycles. The standard InChI is InChI=1S/C14H27N3O/c1-11-5-4-7-17(9-11)14(18)15-13-6-8-16(3)10-12(13)2/h11-13H,4-10H2,1-3H3,(H,15,18). The molecule has 3 atom stereocenters. The van der Waals surface area contributed by atoms with Crippen LogP contribution in [-0.4, -0.2) is 55.1 Å². The molecule has 2 rings (SSSR count). The lowest BCUT2D eigenvalue weighted by molar-refractivity contribution is 0.143. The van der Waals surface area contributed by atoms with Crippen molar-refractivity contribution >= 4 is 6.03 Å². The summed E-state index contributed by atoms with van der Waals surface area (Å²) in [6.45, 7) is 8.49. The van der Waals surface area contributed by atoms with Crippen LogP contribution in [0.2, 0.25) is 0 Å². The molecule has 104 valence electrons. The van der Waals surface area contributed by atoms with Gasteiger partial charge >= 0.3 is 6.03 Å². The number of piperidine rings is 2. The molecule has 0 aromatic carbocycles. The van der Waals surface area contributed by atoms with Gasteiger partial charge in [0.05, 0.1) is 0 Å². The molecule has 2 amide bonds. The van der Waals surface area contributed by atoms with Gasteiger partial charge in [0, 0.05) is 25.7 Å². The zero-order chi connectivity index (χ0) is 13.1. The molecule has 0 aliphatic carbocycles. The third-order valence-electron chi connectivity index (χ3n) is 4.36. The second kappa shape index (κ2) is 5.91. The molecule has 0 bridgehead atoms. The predicted octanol–water partition coefficient (Wildman–Crippen LogP) is 1.77. The van der Waals surface area contributed by atoms with E-state index < -0.39 is 0 Å². The molecule has 2 aliphatic rings. The average Bonchev–Trinajstić information content (AvgIpc) is 2.32. The topological polar surface area (TPSA) is 35.6 Å². The number of urea groups is 1. The number of carbonyl (C=O) groups excluding carboxylic acids is 1. The third kappa shape index (κ3) is 3.37. The average molecular weight is 253 g/mol. The van der Waals surface area contributed by atoms with Gasteiger partial charge in [0.2, 0.25) is 0 Å². The van der Waals surface area contributed by atoms with Crippen LogP contribution in [0.1, 0.15) is 33.1 Å². The van der Waals surface area contributed by atoms with Crippen LogP contribution in [0.15, 0.2) is 0 Å². The highest BCUT2D eigenvalue weighted by atomic mass is 16.2. The minimum absolute atomic E-state index is 0.156. The highest BCUT2D eigenvalue weighted by molar-refractivity contribution is 5.74. The Morgan fingerprint density at radius 3 is 2.61 bits per heavy atom. The molecule has 0 saturated carbocycles. The highest BCUT2D eigenvalue weighted by Crippen LogP contribution is 2.18. The molecule has 2 aliphatic heterocycles. The summed E-state index contributed by atoms with van der Waals surface area (Å²) in [4.78, 5) is 16.6. The molecule has 2 fully saturated rings. The summed E-state index contributed by atoms with van der Waals surface area (Å²) in [7, 11) is 2.15. The van der Waals surface area contributed by atoms with Gasteiger partial charge < -0.3 is 15.1 Å². The van der Waals surface area contributed by atoms with Gasteiger partial charge in [0.15, 0.2) is 0 Å². The Bertz CT molecular complexity index is 295. The van der Waals surface area contributed by atoms with E-state index in [0.29, 0.717) is 17.9 Å². The Morgan fingerprint density at radius 2 is 1.94 bits per heavy atom. The molecule has 0 aromatic heterocycles. The normalized spacial score (nSPS) is 34.4. The maximum atomic E-state index is 12.2. The summed E-state index contributed by atoms with van der Waals surface area (Å²) >= 11 is 0. The molecule has 3 unspecified atom stereocenters. The van der Waals surface area contributed by atoms with Gasteiger partial charge in [-0.1, -0.05) is 13.8 Å². The Labute approximate surface area is 111 Å². The first kappa shape index (κ1) is 13.7. The van der Waals surface area contributed by atoms with E-state index in [9.17, 15) is 4.79 Å². The number of amides is 2. The van der Waals surface area contributed by atoms with Crippen LogP contribution in [-0.2, 0) is 0 Å². The second-order valence-corrected chi connectivity index (χ2v) is 6.28. The zero-order valence-corrected chi connectivity index (χ0v) is 12.0. The van der Waals surface area contributed by atoms with Crippen molar-refractivity contribution in [3.05, 3.63) is 0 Å². The van der Waals surface area contributed by atoms with Crippen LogP contribution in [0, 0.1) is 11.8 Å². The van der Waals surface area contributed by atoms with Crippen LogP contribution in [0.25, 0.3) is 0 Å². The lowest BCUT2D eigenvalue weighted by Gasteiger charge is -2.38. The van der Waals surface area contributed by atoms with Crippen LogP contribution in [0.3, 0.4) is 0 Å². The maximum absolute atomic E-state index is 12.2. The van der Waals surface area contributed by atoms with E-state index >= 15 is 0 Å². The number of hydrogen-bond acceptors (Lipinski definition) is 2. The van der Waals surface area contributed by atoms with E-state index in [0.717, 1.165) is 39.0 Å². The van der Waals surface area contributed by atoms with Crippen LogP contribution < -0.4 is 5.32 Å². The maximum Gasteiger partial charge on any atom is 0.317 e. The first-order valence-corrected chi connectivity index (χ1v) is 7.30. The first-order valence-electron chi connectivity index (χ1n) is 7.30. The Balaban J connectivity index is 1.83. The smallest absolute Gasteiger partial charge is 0.317 e. The second-order valence-electron chi connectivity index (χ2n) is 6.28. The van der Waals surface area contributed by atoms with Crippen molar-refractivity contribution in [1.29, 1.82) is 0 Å². The van der Waals surface area contributed by atoms with Gasteiger partial charge in [-0.2, -0.15) is 0 Å². The summed E-state index contributed by atoms with van der Waals surface area (Å²) in [5, 5.41) is 3.24. The predicted molar refractivity (Wildman–Crippen MR) is 73.6 cm³/mol. The lowest BCUT2D eigenvalue weighted by Crippen LogP contribution is -2.53. The highest BCUT2D eigenvalue weighted by Gasteiger charge is 2.28. The van der Waals surface area contributed by atoms with Gasteiger partial charge in [0.1, 0.15) is 0 Å². The molecule has 4 nitrogen and oxygen atoms in total. The molecule has 2 heterocycles. The Kier molecular flexibility index (Phi) is 4.49. The van der Waals surface area contributed by atoms with E-state index in [2.05, 4.69) is 31.1 Å². The number of nitrogens with one attached hydrogen (secondary N) is 1. The summed E-state index contributed by atoms with van der Waals surface area (Å²) in [6.07, 6.45) is 3.48. The van der Waals surface area contributed by atoms with Crippen molar-refractivity contribution < 1.29 is 4.79 Å². The summed E-state index contributed by atoms with van der Waals surface area (Å²) in [5.41, 5.74) is 0. The van der Waals surface area contributed by atoms with Crippen molar-refractivity contribution in [3.8, 4) is 0 Å². The fourth-order valence-corrected chi connectivity index (χ4v) is 3.19. The lowest BCUT2D eigenvalue weighted by atomic mass is 9.94. The van der Waals surface area contributed by atoms with Gasteiger partial charge in [-0.05, 0) is 44.7 Å². The molecule has 4 heteroatoms. The van der Waals surface area contributed by atoms with Crippen LogP contribution in [0.5, 0.6) is 0 Å². The number of rotatable bonds is 1. The summed E-state index contributed by atoms with van der Waals surface area (Å²) in [6, 6.07) is 0.508. The van der Waals surface area contributed by atoms with Crippen molar-refractivity contribution in [2.24, 2.45) is 11.8 Å². The van der Waals surface area contributed by atoms with Gasteiger partial charge in [0.25, 0.3) is 0 Å². The Morgan fingerprint density at radius 1 is 1.17 bits per heavy atom. The van der Waals surface area contributed by atoms with Crippen molar-refractivity contribution in [2.75, 3.05) is 33.2 Å². The number of nitrogens with zero attached hydrogens (tertiary/aromatic N) is 2. The number of likely N-dealkylation sites (tertiary alicyclic amines) is 2. The van der Waals surface area contributed by atoms with Crippen LogP contribution >= 0.6 is 0 Å². The first-order chi connectivity index (χ1) is 8.56. The number of carbonyl (C=O) groups is 1. The molecule has 0 spiro atoms. The fraction of sp³-hybridized carbons (Fsp3) is 0.929. The zero-order valence-electron chi connectivity index (χ0n) is 12.0. The molecule has 0 radical (unpaired) electrons. The van der Waals surface area contributed by atoms with E-state index in [4.69, 9.17) is 0 Å². The molecular weight excluding hydrogens is 226 g/mol. The molecule has 18 heavy (non-hydrogen) atoms. The summed E-state index contributed by atoms with van der Waals surface area (Å²) in [5.74, 6) is 1.20. The van der Waals surface area contributed by atoms with E-state index in [1.165, 1.54) is 6.42 Å². The van der Waals surface area contributed by atoms with Crippen molar-refractivity contribution in [3.63, 3.8) is 0 Å².